The molecule has 0 aliphatic carbocycles. The SMILES string of the molecule is CSC[C@@H](O)CN1C[C@H](C)OCC1(C)C. The smallest absolute Gasteiger partial charge is 0.0757 e. The summed E-state index contributed by atoms with van der Waals surface area (Å²) >= 11 is 1.69. The van der Waals surface area contributed by atoms with Gasteiger partial charge in [0.1, 0.15) is 0 Å². The Labute approximate surface area is 97.2 Å². The van der Waals surface area contributed by atoms with E-state index in [2.05, 4.69) is 25.7 Å². The topological polar surface area (TPSA) is 32.7 Å². The summed E-state index contributed by atoms with van der Waals surface area (Å²) in [5, 5.41) is 9.82. The van der Waals surface area contributed by atoms with E-state index in [0.717, 1.165) is 25.4 Å². The van der Waals surface area contributed by atoms with E-state index in [9.17, 15) is 5.11 Å². The van der Waals surface area contributed by atoms with Crippen LogP contribution in [0.5, 0.6) is 0 Å². The van der Waals surface area contributed by atoms with Crippen LogP contribution in [0.4, 0.5) is 0 Å². The fourth-order valence-corrected chi connectivity index (χ4v) is 2.36. The van der Waals surface area contributed by atoms with Crippen molar-refractivity contribution in [1.82, 2.24) is 4.90 Å². The van der Waals surface area contributed by atoms with Gasteiger partial charge in [-0.15, -0.1) is 0 Å². The Morgan fingerprint density at radius 1 is 1.60 bits per heavy atom. The zero-order chi connectivity index (χ0) is 11.5. The van der Waals surface area contributed by atoms with E-state index in [0.29, 0.717) is 0 Å². The molecule has 90 valence electrons. The van der Waals surface area contributed by atoms with Crippen molar-refractivity contribution in [2.45, 2.75) is 38.5 Å². The summed E-state index contributed by atoms with van der Waals surface area (Å²) < 4.78 is 5.64. The number of morpholine rings is 1. The molecule has 0 unspecified atom stereocenters. The number of β-amino-alcohol motifs (C(OH)–C–C–N with tert-alkyl or cyclic N) is 1. The maximum Gasteiger partial charge on any atom is 0.0757 e. The molecule has 1 N–H and O–H groups in total. The highest BCUT2D eigenvalue weighted by atomic mass is 32.2. The number of rotatable bonds is 4. The molecule has 0 aromatic heterocycles. The van der Waals surface area contributed by atoms with Crippen molar-refractivity contribution >= 4 is 11.8 Å². The van der Waals surface area contributed by atoms with E-state index in [1.807, 2.05) is 6.26 Å². The number of hydrogen-bond donors (Lipinski definition) is 1. The third-order valence-electron chi connectivity index (χ3n) is 2.84. The van der Waals surface area contributed by atoms with Gasteiger partial charge in [-0.2, -0.15) is 11.8 Å². The molecule has 0 aromatic rings. The van der Waals surface area contributed by atoms with Gasteiger partial charge < -0.3 is 9.84 Å². The van der Waals surface area contributed by atoms with Crippen LogP contribution in [0.2, 0.25) is 0 Å². The van der Waals surface area contributed by atoms with Crippen molar-refractivity contribution in [2.75, 3.05) is 31.7 Å². The van der Waals surface area contributed by atoms with E-state index in [4.69, 9.17) is 4.74 Å². The molecule has 1 aliphatic rings. The first-order valence-electron chi connectivity index (χ1n) is 5.49. The number of thioether (sulfide) groups is 1. The molecule has 0 radical (unpaired) electrons. The second-order valence-corrected chi connectivity index (χ2v) is 5.86. The molecule has 15 heavy (non-hydrogen) atoms. The lowest BCUT2D eigenvalue weighted by Crippen LogP contribution is -2.57. The molecule has 1 saturated heterocycles. The van der Waals surface area contributed by atoms with Gasteiger partial charge in [0.05, 0.1) is 18.8 Å². The van der Waals surface area contributed by atoms with Crippen LogP contribution < -0.4 is 0 Å². The first-order chi connectivity index (χ1) is 6.95. The summed E-state index contributed by atoms with van der Waals surface area (Å²) in [6.45, 7) is 8.85. The maximum absolute atomic E-state index is 9.82. The Morgan fingerprint density at radius 3 is 2.87 bits per heavy atom. The van der Waals surface area contributed by atoms with Gasteiger partial charge in [-0.05, 0) is 27.0 Å². The van der Waals surface area contributed by atoms with Gasteiger partial charge in [-0.1, -0.05) is 0 Å². The van der Waals surface area contributed by atoms with Gasteiger partial charge in [0, 0.05) is 24.4 Å². The van der Waals surface area contributed by atoms with Crippen LogP contribution in [0.15, 0.2) is 0 Å². The predicted molar refractivity (Wildman–Crippen MR) is 65.5 cm³/mol. The minimum absolute atomic E-state index is 0.0475. The van der Waals surface area contributed by atoms with E-state index < -0.39 is 0 Å². The van der Waals surface area contributed by atoms with Gasteiger partial charge in [0.15, 0.2) is 0 Å². The van der Waals surface area contributed by atoms with Gasteiger partial charge >= 0.3 is 0 Å². The first-order valence-corrected chi connectivity index (χ1v) is 6.89. The summed E-state index contributed by atoms with van der Waals surface area (Å²) in [6, 6.07) is 0. The molecular weight excluding hydrogens is 210 g/mol. The molecule has 4 heteroatoms. The van der Waals surface area contributed by atoms with Crippen LogP contribution in [-0.4, -0.2) is 59.5 Å². The van der Waals surface area contributed by atoms with Crippen LogP contribution in [0, 0.1) is 0 Å². The molecule has 0 aromatic carbocycles. The molecule has 1 rings (SSSR count). The Morgan fingerprint density at radius 2 is 2.27 bits per heavy atom. The van der Waals surface area contributed by atoms with Crippen LogP contribution in [0.3, 0.4) is 0 Å². The second kappa shape index (κ2) is 5.53. The summed E-state index contributed by atoms with van der Waals surface area (Å²) in [7, 11) is 0. The van der Waals surface area contributed by atoms with E-state index in [-0.39, 0.29) is 17.7 Å². The summed E-state index contributed by atoms with van der Waals surface area (Å²) in [5.41, 5.74) is 0.0475. The lowest BCUT2D eigenvalue weighted by atomic mass is 10.0. The maximum atomic E-state index is 9.82. The molecule has 2 atom stereocenters. The number of ether oxygens (including phenoxy) is 1. The molecule has 0 saturated carbocycles. The quantitative estimate of drug-likeness (QED) is 0.791. The van der Waals surface area contributed by atoms with Gasteiger partial charge in [-0.3, -0.25) is 4.90 Å². The van der Waals surface area contributed by atoms with Crippen molar-refractivity contribution in [3.63, 3.8) is 0 Å². The average Bonchev–Trinajstić information content (AvgIpc) is 2.12. The lowest BCUT2D eigenvalue weighted by Gasteiger charge is -2.45. The molecule has 3 nitrogen and oxygen atoms in total. The summed E-state index contributed by atoms with van der Waals surface area (Å²) in [4.78, 5) is 2.34. The zero-order valence-corrected chi connectivity index (χ0v) is 11.0. The normalized spacial score (nSPS) is 29.0. The fourth-order valence-electron chi connectivity index (χ4n) is 1.87. The highest BCUT2D eigenvalue weighted by Crippen LogP contribution is 2.22. The molecule has 0 amide bonds. The molecule has 1 heterocycles. The molecule has 0 bridgehead atoms. The lowest BCUT2D eigenvalue weighted by molar-refractivity contribution is -0.100. The van der Waals surface area contributed by atoms with Crippen LogP contribution in [-0.2, 0) is 4.74 Å². The van der Waals surface area contributed by atoms with Crippen molar-refractivity contribution < 1.29 is 9.84 Å². The summed E-state index contributed by atoms with van der Waals surface area (Å²) in [5.74, 6) is 0.807. The van der Waals surface area contributed by atoms with Gasteiger partial charge in [0.2, 0.25) is 0 Å². The van der Waals surface area contributed by atoms with E-state index in [1.165, 1.54) is 0 Å². The minimum Gasteiger partial charge on any atom is -0.391 e. The van der Waals surface area contributed by atoms with Crippen molar-refractivity contribution in [1.29, 1.82) is 0 Å². The Balaban J connectivity index is 2.49. The predicted octanol–water partition coefficient (Wildman–Crippen LogP) is 1.21. The van der Waals surface area contributed by atoms with Gasteiger partial charge in [0.25, 0.3) is 0 Å². The van der Waals surface area contributed by atoms with Crippen LogP contribution in [0.25, 0.3) is 0 Å². The van der Waals surface area contributed by atoms with Crippen LogP contribution >= 0.6 is 11.8 Å². The van der Waals surface area contributed by atoms with Crippen molar-refractivity contribution in [2.24, 2.45) is 0 Å². The Hall–Kier alpha value is 0.230. The number of nitrogens with zero attached hydrogens (tertiary/aromatic N) is 1. The number of hydrogen-bond acceptors (Lipinski definition) is 4. The number of aliphatic hydroxyl groups excluding tert-OH is 1. The summed E-state index contributed by atoms with van der Waals surface area (Å²) in [6.07, 6.45) is 2.07. The highest BCUT2D eigenvalue weighted by molar-refractivity contribution is 7.98. The molecule has 0 spiro atoms. The first kappa shape index (κ1) is 13.3. The van der Waals surface area contributed by atoms with E-state index in [1.54, 1.807) is 11.8 Å². The second-order valence-electron chi connectivity index (χ2n) is 4.95. The Kier molecular flexibility index (Phi) is 4.90. The molecule has 1 aliphatic heterocycles. The van der Waals surface area contributed by atoms with E-state index >= 15 is 0 Å². The van der Waals surface area contributed by atoms with Crippen molar-refractivity contribution in [3.05, 3.63) is 0 Å². The monoisotopic (exact) mass is 233 g/mol. The highest BCUT2D eigenvalue weighted by Gasteiger charge is 2.34. The largest absolute Gasteiger partial charge is 0.391 e. The molecular formula is C11H23NO2S. The van der Waals surface area contributed by atoms with Crippen LogP contribution in [0.1, 0.15) is 20.8 Å². The fraction of sp³-hybridized carbons (Fsp3) is 1.00. The third-order valence-corrected chi connectivity index (χ3v) is 3.56. The van der Waals surface area contributed by atoms with Gasteiger partial charge in [-0.25, -0.2) is 0 Å². The standard InChI is InChI=1S/C11H23NO2S/c1-9-5-12(6-10(13)7-15-4)11(2,3)8-14-9/h9-10,13H,5-8H2,1-4H3/t9-,10-/m0/s1. The van der Waals surface area contributed by atoms with Crippen molar-refractivity contribution in [3.8, 4) is 0 Å². The Bertz CT molecular complexity index is 199. The average molecular weight is 233 g/mol. The third kappa shape index (κ3) is 3.94. The minimum atomic E-state index is -0.232. The number of aliphatic hydroxyl groups is 1. The zero-order valence-electron chi connectivity index (χ0n) is 10.2. The molecule has 1 fully saturated rings.